The van der Waals surface area contributed by atoms with Crippen molar-refractivity contribution in [3.63, 3.8) is 0 Å². The molecule has 0 unspecified atom stereocenters. The summed E-state index contributed by atoms with van der Waals surface area (Å²) >= 11 is 6.36. The number of nitrogens with one attached hydrogen (secondary N) is 1. The molecule has 0 radical (unpaired) electrons. The molecule has 1 N–H and O–H groups in total. The van der Waals surface area contributed by atoms with Crippen LogP contribution in [-0.2, 0) is 6.42 Å². The van der Waals surface area contributed by atoms with Crippen LogP contribution in [-0.4, -0.2) is 18.6 Å². The summed E-state index contributed by atoms with van der Waals surface area (Å²) < 4.78 is 5.43. The van der Waals surface area contributed by atoms with Crippen LogP contribution < -0.4 is 10.1 Å². The fourth-order valence-corrected chi connectivity index (χ4v) is 2.53. The second-order valence-corrected chi connectivity index (χ2v) is 5.22. The van der Waals surface area contributed by atoms with Crippen LogP contribution in [0.4, 0.5) is 5.69 Å². The number of hydrogen-bond acceptors (Lipinski definition) is 3. The van der Waals surface area contributed by atoms with E-state index in [9.17, 15) is 0 Å². The van der Waals surface area contributed by atoms with Gasteiger partial charge in [0, 0.05) is 23.3 Å². The topological polar surface area (TPSA) is 34.2 Å². The lowest BCUT2D eigenvalue weighted by atomic mass is 10.1. The summed E-state index contributed by atoms with van der Waals surface area (Å²) in [6.07, 6.45) is 3.08. The Labute approximate surface area is 125 Å². The Kier molecular flexibility index (Phi) is 5.07. The minimum absolute atomic E-state index is 0.704. The van der Waals surface area contributed by atoms with Crippen LogP contribution in [0.15, 0.2) is 18.2 Å². The number of aryl methyl sites for hydroxylation is 1. The summed E-state index contributed by atoms with van der Waals surface area (Å²) in [6, 6.07) is 5.84. The minimum atomic E-state index is 0.704. The third-order valence-electron chi connectivity index (χ3n) is 3.22. The van der Waals surface area contributed by atoms with Gasteiger partial charge in [-0.2, -0.15) is 0 Å². The minimum Gasteiger partial charge on any atom is -0.494 e. The Morgan fingerprint density at radius 1 is 1.25 bits per heavy atom. The molecule has 0 spiro atoms. The van der Waals surface area contributed by atoms with E-state index in [1.165, 1.54) is 0 Å². The average Bonchev–Trinajstić information content (AvgIpc) is 2.45. The fourth-order valence-electron chi connectivity index (χ4n) is 2.28. The van der Waals surface area contributed by atoms with E-state index in [-0.39, 0.29) is 0 Å². The molecular weight excluding hydrogens is 272 g/mol. The molecule has 20 heavy (non-hydrogen) atoms. The van der Waals surface area contributed by atoms with Gasteiger partial charge in [-0.15, -0.1) is 0 Å². The number of methoxy groups -OCH3 is 1. The second-order valence-electron chi connectivity index (χ2n) is 4.81. The Hall–Kier alpha value is -1.48. The number of anilines is 1. The number of benzene rings is 1. The van der Waals surface area contributed by atoms with Crippen molar-refractivity contribution in [1.29, 1.82) is 0 Å². The smallest absolute Gasteiger partial charge is 0.145 e. The van der Waals surface area contributed by atoms with E-state index in [4.69, 9.17) is 21.3 Å². The molecule has 0 aliphatic carbocycles. The first-order chi connectivity index (χ1) is 9.71. The van der Waals surface area contributed by atoms with Gasteiger partial charge in [-0.3, -0.25) is 0 Å². The van der Waals surface area contributed by atoms with E-state index >= 15 is 0 Å². The average molecular weight is 293 g/mol. The van der Waals surface area contributed by atoms with E-state index in [2.05, 4.69) is 25.2 Å². The maximum absolute atomic E-state index is 6.36. The van der Waals surface area contributed by atoms with Gasteiger partial charge >= 0.3 is 0 Å². The van der Waals surface area contributed by atoms with Crippen LogP contribution in [0.5, 0.6) is 5.75 Å². The monoisotopic (exact) mass is 292 g/mol. The molecule has 3 nitrogen and oxygen atoms in total. The highest BCUT2D eigenvalue weighted by Crippen LogP contribution is 2.35. The van der Waals surface area contributed by atoms with Gasteiger partial charge in [-0.25, -0.2) is 4.98 Å². The van der Waals surface area contributed by atoms with E-state index < -0.39 is 0 Å². The molecule has 0 atom stereocenters. The van der Waals surface area contributed by atoms with Gasteiger partial charge < -0.3 is 10.1 Å². The lowest BCUT2D eigenvalue weighted by Crippen LogP contribution is -2.03. The van der Waals surface area contributed by atoms with Gasteiger partial charge in [0.2, 0.25) is 0 Å². The Morgan fingerprint density at radius 3 is 2.70 bits per heavy atom. The van der Waals surface area contributed by atoms with Gasteiger partial charge in [0.15, 0.2) is 0 Å². The van der Waals surface area contributed by atoms with Crippen molar-refractivity contribution in [2.45, 2.75) is 33.1 Å². The lowest BCUT2D eigenvalue weighted by Gasteiger charge is -2.14. The van der Waals surface area contributed by atoms with Crippen molar-refractivity contribution >= 4 is 28.2 Å². The molecule has 108 valence electrons. The third kappa shape index (κ3) is 2.98. The zero-order valence-electron chi connectivity index (χ0n) is 12.3. The molecule has 0 saturated carbocycles. The lowest BCUT2D eigenvalue weighted by molar-refractivity contribution is 0.419. The van der Waals surface area contributed by atoms with Crippen LogP contribution in [0.1, 0.15) is 32.4 Å². The van der Waals surface area contributed by atoms with Crippen molar-refractivity contribution in [3.8, 4) is 5.75 Å². The zero-order chi connectivity index (χ0) is 14.5. The molecule has 0 amide bonds. The molecule has 0 aliphatic rings. The number of ether oxygens (including phenoxy) is 1. The first kappa shape index (κ1) is 14.9. The number of halogens is 1. The summed E-state index contributed by atoms with van der Waals surface area (Å²) in [7, 11) is 1.66. The van der Waals surface area contributed by atoms with Crippen LogP contribution >= 0.6 is 11.6 Å². The summed E-state index contributed by atoms with van der Waals surface area (Å²) in [5, 5.41) is 5.10. The highest BCUT2D eigenvalue weighted by atomic mass is 35.5. The van der Waals surface area contributed by atoms with Crippen LogP contribution in [0.25, 0.3) is 10.9 Å². The molecule has 1 aromatic carbocycles. The summed E-state index contributed by atoms with van der Waals surface area (Å²) in [6.45, 7) is 5.21. The zero-order valence-corrected chi connectivity index (χ0v) is 13.0. The number of nitrogens with zero attached hydrogens (tertiary/aromatic N) is 1. The first-order valence-electron chi connectivity index (χ1n) is 7.11. The molecule has 0 saturated heterocycles. The van der Waals surface area contributed by atoms with Gasteiger partial charge in [0.1, 0.15) is 11.3 Å². The number of hydrogen-bond donors (Lipinski definition) is 1. The Morgan fingerprint density at radius 2 is 2.05 bits per heavy atom. The largest absolute Gasteiger partial charge is 0.494 e. The SMILES string of the molecule is CCCNc1cc(CCC)nc2c(OC)ccc(Cl)c12. The fraction of sp³-hybridized carbons (Fsp3) is 0.438. The molecule has 0 fully saturated rings. The van der Waals surface area contributed by atoms with Crippen molar-refractivity contribution < 1.29 is 4.74 Å². The molecule has 0 aliphatic heterocycles. The van der Waals surface area contributed by atoms with Gasteiger partial charge in [-0.05, 0) is 31.0 Å². The highest BCUT2D eigenvalue weighted by molar-refractivity contribution is 6.36. The predicted molar refractivity (Wildman–Crippen MR) is 86.1 cm³/mol. The molecule has 2 aromatic rings. The van der Waals surface area contributed by atoms with Crippen LogP contribution in [0.3, 0.4) is 0 Å². The van der Waals surface area contributed by atoms with Crippen molar-refractivity contribution in [1.82, 2.24) is 4.98 Å². The summed E-state index contributed by atoms with van der Waals surface area (Å²) in [5.74, 6) is 0.766. The highest BCUT2D eigenvalue weighted by Gasteiger charge is 2.13. The van der Waals surface area contributed by atoms with Crippen LogP contribution in [0, 0.1) is 0 Å². The van der Waals surface area contributed by atoms with E-state index in [1.54, 1.807) is 7.11 Å². The van der Waals surface area contributed by atoms with E-state index in [0.29, 0.717) is 5.02 Å². The van der Waals surface area contributed by atoms with Crippen LogP contribution in [0.2, 0.25) is 5.02 Å². The maximum Gasteiger partial charge on any atom is 0.145 e. The number of pyridine rings is 1. The number of fused-ring (bicyclic) bond motifs is 1. The maximum atomic E-state index is 6.36. The van der Waals surface area contributed by atoms with Gasteiger partial charge in [0.25, 0.3) is 0 Å². The Bertz CT molecular complexity index is 599. The Balaban J connectivity index is 2.65. The van der Waals surface area contributed by atoms with Crippen molar-refractivity contribution in [3.05, 3.63) is 28.9 Å². The quantitative estimate of drug-likeness (QED) is 0.840. The standard InChI is InChI=1S/C16H21ClN2O/c1-4-6-11-10-13(18-9-5-2)15-12(17)7-8-14(20-3)16(15)19-11/h7-8,10H,4-6,9H2,1-3H3,(H,18,19). The second kappa shape index (κ2) is 6.80. The molecule has 4 heteroatoms. The predicted octanol–water partition coefficient (Wildman–Crippen LogP) is 4.67. The normalized spacial score (nSPS) is 10.8. The molecule has 2 rings (SSSR count). The molecule has 0 bridgehead atoms. The first-order valence-corrected chi connectivity index (χ1v) is 7.49. The molecule has 1 aromatic heterocycles. The number of rotatable bonds is 6. The summed E-state index contributed by atoms with van der Waals surface area (Å²) in [5.41, 5.74) is 2.95. The summed E-state index contributed by atoms with van der Waals surface area (Å²) in [4.78, 5) is 4.72. The molecular formula is C16H21ClN2O. The van der Waals surface area contributed by atoms with Crippen molar-refractivity contribution in [2.24, 2.45) is 0 Å². The third-order valence-corrected chi connectivity index (χ3v) is 3.53. The van der Waals surface area contributed by atoms with Gasteiger partial charge in [-0.1, -0.05) is 31.9 Å². The van der Waals surface area contributed by atoms with Crippen molar-refractivity contribution in [2.75, 3.05) is 19.0 Å². The van der Waals surface area contributed by atoms with E-state index in [0.717, 1.165) is 53.8 Å². The van der Waals surface area contributed by atoms with Gasteiger partial charge in [0.05, 0.1) is 12.1 Å². The molecule has 1 heterocycles. The van der Waals surface area contributed by atoms with E-state index in [1.807, 2.05) is 12.1 Å². The number of aromatic nitrogens is 1.